The first-order valence-corrected chi connectivity index (χ1v) is 3.26. The standard InChI is InChI=1S/C6H9NO4/c1-7-3-2-4(5(8)9)11-6(7)10/h4H,2-3H2,1H3,(H,8,9). The van der Waals surface area contributed by atoms with Gasteiger partial charge in [0, 0.05) is 20.0 Å². The summed E-state index contributed by atoms with van der Waals surface area (Å²) >= 11 is 0. The van der Waals surface area contributed by atoms with E-state index in [0.717, 1.165) is 0 Å². The van der Waals surface area contributed by atoms with Crippen molar-refractivity contribution >= 4 is 12.1 Å². The third kappa shape index (κ3) is 1.60. The van der Waals surface area contributed by atoms with Crippen LogP contribution in [0.3, 0.4) is 0 Å². The Morgan fingerprint density at radius 1 is 1.82 bits per heavy atom. The Hall–Kier alpha value is -1.26. The minimum absolute atomic E-state index is 0.359. The molecule has 1 atom stereocenters. The molecule has 0 bridgehead atoms. The summed E-state index contributed by atoms with van der Waals surface area (Å²) in [6.07, 6.45) is -1.17. The average Bonchev–Trinajstić information content (AvgIpc) is 1.94. The molecule has 1 aliphatic heterocycles. The van der Waals surface area contributed by atoms with Gasteiger partial charge in [-0.05, 0) is 0 Å². The van der Waals surface area contributed by atoms with E-state index in [-0.39, 0.29) is 0 Å². The molecule has 1 fully saturated rings. The minimum Gasteiger partial charge on any atom is -0.479 e. The molecule has 62 valence electrons. The van der Waals surface area contributed by atoms with Crippen molar-refractivity contribution in [1.82, 2.24) is 4.90 Å². The van der Waals surface area contributed by atoms with E-state index in [2.05, 4.69) is 4.74 Å². The lowest BCUT2D eigenvalue weighted by molar-refractivity contribution is -0.149. The Morgan fingerprint density at radius 2 is 2.45 bits per heavy atom. The first-order valence-electron chi connectivity index (χ1n) is 3.26. The highest BCUT2D eigenvalue weighted by Gasteiger charge is 2.29. The van der Waals surface area contributed by atoms with Gasteiger partial charge in [-0.3, -0.25) is 0 Å². The van der Waals surface area contributed by atoms with Crippen molar-refractivity contribution in [1.29, 1.82) is 0 Å². The van der Waals surface area contributed by atoms with E-state index in [1.807, 2.05) is 0 Å². The number of amides is 1. The van der Waals surface area contributed by atoms with Crippen LogP contribution >= 0.6 is 0 Å². The maximum absolute atomic E-state index is 10.7. The first kappa shape index (κ1) is 7.84. The molecule has 1 saturated heterocycles. The average molecular weight is 159 g/mol. The summed E-state index contributed by atoms with van der Waals surface area (Å²) < 4.78 is 4.55. The number of hydrogen-bond acceptors (Lipinski definition) is 3. The molecule has 5 nitrogen and oxygen atoms in total. The second kappa shape index (κ2) is 2.77. The van der Waals surface area contributed by atoms with Gasteiger partial charge in [0.25, 0.3) is 0 Å². The molecule has 1 rings (SSSR count). The molecule has 5 heteroatoms. The van der Waals surface area contributed by atoms with Gasteiger partial charge in [-0.15, -0.1) is 0 Å². The largest absolute Gasteiger partial charge is 0.479 e. The summed E-state index contributed by atoms with van der Waals surface area (Å²) in [6.45, 7) is 0.440. The number of rotatable bonds is 1. The molecule has 1 N–H and O–H groups in total. The second-order valence-electron chi connectivity index (χ2n) is 2.42. The van der Waals surface area contributed by atoms with Crippen molar-refractivity contribution in [2.75, 3.05) is 13.6 Å². The number of ether oxygens (including phenoxy) is 1. The van der Waals surface area contributed by atoms with Crippen LogP contribution in [0.5, 0.6) is 0 Å². The predicted molar refractivity (Wildman–Crippen MR) is 35.2 cm³/mol. The van der Waals surface area contributed by atoms with E-state index in [9.17, 15) is 9.59 Å². The molecular formula is C6H9NO4. The topological polar surface area (TPSA) is 66.8 Å². The Kier molecular flexibility index (Phi) is 1.98. The van der Waals surface area contributed by atoms with Gasteiger partial charge in [0.05, 0.1) is 0 Å². The van der Waals surface area contributed by atoms with Gasteiger partial charge >= 0.3 is 12.1 Å². The van der Waals surface area contributed by atoms with Crippen molar-refractivity contribution in [3.8, 4) is 0 Å². The van der Waals surface area contributed by atoms with Crippen molar-refractivity contribution in [2.24, 2.45) is 0 Å². The zero-order valence-corrected chi connectivity index (χ0v) is 6.11. The third-order valence-corrected chi connectivity index (χ3v) is 1.56. The number of carbonyl (C=O) groups excluding carboxylic acids is 1. The highest BCUT2D eigenvalue weighted by Crippen LogP contribution is 2.09. The van der Waals surface area contributed by atoms with Crippen LogP contribution in [-0.2, 0) is 9.53 Å². The molecule has 0 aromatic heterocycles. The molecular weight excluding hydrogens is 150 g/mol. The van der Waals surface area contributed by atoms with Crippen LogP contribution in [0.15, 0.2) is 0 Å². The van der Waals surface area contributed by atoms with Gasteiger partial charge in [0.15, 0.2) is 0 Å². The first-order chi connectivity index (χ1) is 5.11. The highest BCUT2D eigenvalue weighted by molar-refractivity contribution is 5.78. The molecule has 0 aromatic rings. The smallest absolute Gasteiger partial charge is 0.410 e. The molecule has 0 radical (unpaired) electrons. The fourth-order valence-electron chi connectivity index (χ4n) is 0.847. The molecule has 1 unspecified atom stereocenters. The molecule has 0 aliphatic carbocycles. The van der Waals surface area contributed by atoms with E-state index < -0.39 is 18.2 Å². The van der Waals surface area contributed by atoms with E-state index in [1.165, 1.54) is 4.90 Å². The Balaban J connectivity index is 2.53. The summed E-state index contributed by atoms with van der Waals surface area (Å²) in [6, 6.07) is 0. The Morgan fingerprint density at radius 3 is 2.91 bits per heavy atom. The summed E-state index contributed by atoms with van der Waals surface area (Å²) in [5, 5.41) is 8.45. The fraction of sp³-hybridized carbons (Fsp3) is 0.667. The lowest BCUT2D eigenvalue weighted by Crippen LogP contribution is -2.42. The van der Waals surface area contributed by atoms with Crippen LogP contribution in [0.4, 0.5) is 4.79 Å². The molecule has 1 amide bonds. The number of hydrogen-bond donors (Lipinski definition) is 1. The van der Waals surface area contributed by atoms with Crippen LogP contribution in [0.25, 0.3) is 0 Å². The van der Waals surface area contributed by atoms with Crippen molar-refractivity contribution < 1.29 is 19.4 Å². The second-order valence-corrected chi connectivity index (χ2v) is 2.42. The number of carboxylic acid groups (broad SMARTS) is 1. The van der Waals surface area contributed by atoms with E-state index in [4.69, 9.17) is 5.11 Å². The summed E-state index contributed by atoms with van der Waals surface area (Å²) in [4.78, 5) is 22.4. The van der Waals surface area contributed by atoms with Crippen LogP contribution in [0.2, 0.25) is 0 Å². The van der Waals surface area contributed by atoms with Gasteiger partial charge in [-0.2, -0.15) is 0 Å². The van der Waals surface area contributed by atoms with Gasteiger partial charge in [-0.25, -0.2) is 9.59 Å². The monoisotopic (exact) mass is 159 g/mol. The van der Waals surface area contributed by atoms with Crippen molar-refractivity contribution in [3.05, 3.63) is 0 Å². The summed E-state index contributed by atoms with van der Waals surface area (Å²) in [5.41, 5.74) is 0. The van der Waals surface area contributed by atoms with E-state index >= 15 is 0 Å². The summed E-state index contributed by atoms with van der Waals surface area (Å²) in [7, 11) is 1.57. The molecule has 0 saturated carbocycles. The quantitative estimate of drug-likeness (QED) is 0.580. The van der Waals surface area contributed by atoms with Gasteiger partial charge in [-0.1, -0.05) is 0 Å². The number of carbonyl (C=O) groups is 2. The third-order valence-electron chi connectivity index (χ3n) is 1.56. The van der Waals surface area contributed by atoms with Crippen LogP contribution in [-0.4, -0.2) is 41.8 Å². The lowest BCUT2D eigenvalue weighted by atomic mass is 10.2. The zero-order chi connectivity index (χ0) is 8.43. The van der Waals surface area contributed by atoms with Gasteiger partial charge in [0.1, 0.15) is 0 Å². The van der Waals surface area contributed by atoms with E-state index in [0.29, 0.717) is 13.0 Å². The number of cyclic esters (lactones) is 1. The summed E-state index contributed by atoms with van der Waals surface area (Å²) in [5.74, 6) is -1.08. The predicted octanol–water partition coefficient (Wildman–Crippen LogP) is -0.0883. The maximum Gasteiger partial charge on any atom is 0.410 e. The molecule has 1 aliphatic rings. The van der Waals surface area contributed by atoms with Gasteiger partial charge < -0.3 is 14.7 Å². The molecule has 1 heterocycles. The van der Waals surface area contributed by atoms with Crippen LogP contribution in [0, 0.1) is 0 Å². The molecule has 0 spiro atoms. The number of carboxylic acids is 1. The normalized spacial score (nSPS) is 24.6. The Labute approximate surface area is 63.5 Å². The lowest BCUT2D eigenvalue weighted by Gasteiger charge is -2.26. The SMILES string of the molecule is CN1CCC(C(=O)O)OC1=O. The van der Waals surface area contributed by atoms with E-state index in [1.54, 1.807) is 7.05 Å². The van der Waals surface area contributed by atoms with Crippen LogP contribution < -0.4 is 0 Å². The molecule has 11 heavy (non-hydrogen) atoms. The number of aliphatic carboxylic acids is 1. The maximum atomic E-state index is 10.7. The van der Waals surface area contributed by atoms with Crippen LogP contribution in [0.1, 0.15) is 6.42 Å². The Bertz CT molecular complexity index is 191. The van der Waals surface area contributed by atoms with Crippen molar-refractivity contribution in [2.45, 2.75) is 12.5 Å². The van der Waals surface area contributed by atoms with Crippen molar-refractivity contribution in [3.63, 3.8) is 0 Å². The highest BCUT2D eigenvalue weighted by atomic mass is 16.6. The fourth-order valence-corrected chi connectivity index (χ4v) is 0.847. The number of nitrogens with zero attached hydrogens (tertiary/aromatic N) is 1. The van der Waals surface area contributed by atoms with Gasteiger partial charge in [0.2, 0.25) is 6.10 Å². The molecule has 0 aromatic carbocycles. The minimum atomic E-state index is -1.08. The zero-order valence-electron chi connectivity index (χ0n) is 6.11.